The summed E-state index contributed by atoms with van der Waals surface area (Å²) in [6.07, 6.45) is 3.04. The van der Waals surface area contributed by atoms with Gasteiger partial charge in [-0.2, -0.15) is 0 Å². The molecule has 2 nitrogen and oxygen atoms in total. The van der Waals surface area contributed by atoms with Crippen molar-refractivity contribution in [1.29, 1.82) is 0 Å². The number of unbranched alkanes of at least 4 members (excludes halogenated alkanes) is 2. The number of rotatable bonds is 4. The Labute approximate surface area is 90.7 Å². The second-order valence-corrected chi connectivity index (χ2v) is 1.83. The molecule has 0 aromatic rings. The molecule has 0 aromatic heterocycles. The Kier molecular flexibility index (Phi) is 34.7. The number of carboxylic acid groups (broad SMARTS) is 1. The van der Waals surface area contributed by atoms with Crippen LogP contribution in [0.2, 0.25) is 0 Å². The van der Waals surface area contributed by atoms with Crippen molar-refractivity contribution >= 4 is 5.97 Å². The van der Waals surface area contributed by atoms with Gasteiger partial charge in [0.15, 0.2) is 0 Å². The molecule has 0 aromatic carbocycles. The molecule has 11 heavy (non-hydrogen) atoms. The van der Waals surface area contributed by atoms with Gasteiger partial charge in [-0.25, -0.2) is 0 Å². The fourth-order valence-electron chi connectivity index (χ4n) is 0.519. The van der Waals surface area contributed by atoms with E-state index in [1.807, 2.05) is 6.92 Å². The third-order valence-corrected chi connectivity index (χ3v) is 0.984. The molecule has 0 heterocycles. The molecule has 0 saturated heterocycles. The van der Waals surface area contributed by atoms with Crippen LogP contribution in [0.1, 0.15) is 32.6 Å². The molecule has 0 N–H and O–H groups in total. The first-order valence-corrected chi connectivity index (χ1v) is 2.97. The van der Waals surface area contributed by atoms with Crippen LogP contribution < -0.4 is 29.9 Å². The Morgan fingerprint density at radius 1 is 1.27 bits per heavy atom. The van der Waals surface area contributed by atoms with Crippen LogP contribution in [0.3, 0.4) is 0 Å². The molecule has 0 aliphatic heterocycles. The summed E-state index contributed by atoms with van der Waals surface area (Å²) in [6, 6.07) is 0. The molecule has 5 heteroatoms. The van der Waals surface area contributed by atoms with E-state index in [9.17, 15) is 9.90 Å². The Morgan fingerprint density at radius 3 is 2.00 bits per heavy atom. The number of carboxylic acids is 1. The van der Waals surface area contributed by atoms with Crippen LogP contribution in [-0.2, 0) is 22.2 Å². The van der Waals surface area contributed by atoms with Crippen LogP contribution in [0.15, 0.2) is 0 Å². The van der Waals surface area contributed by atoms with Crippen LogP contribution in [-0.4, -0.2) is 5.97 Å². The van der Waals surface area contributed by atoms with Crippen LogP contribution in [0, 0.1) is 0 Å². The van der Waals surface area contributed by atoms with Gasteiger partial charge < -0.3 is 34.7 Å². The summed E-state index contributed by atoms with van der Waals surface area (Å²) in [5, 5.41) is 9.76. The maximum absolute atomic E-state index is 9.76. The van der Waals surface area contributed by atoms with Gasteiger partial charge in [-0.3, -0.25) is 0 Å². The smallest absolute Gasteiger partial charge is 1.00 e. The second-order valence-electron chi connectivity index (χ2n) is 1.83. The van der Waals surface area contributed by atoms with Crippen molar-refractivity contribution in [2.75, 3.05) is 0 Å². The van der Waals surface area contributed by atoms with Crippen LogP contribution >= 0.6 is 0 Å². The summed E-state index contributed by atoms with van der Waals surface area (Å²) in [6.45, 7) is 2.04. The van der Waals surface area contributed by atoms with E-state index in [2.05, 4.69) is 0 Å². The second kappa shape index (κ2) is 16.9. The van der Waals surface area contributed by atoms with Crippen molar-refractivity contribution in [1.82, 2.24) is 0 Å². The van der Waals surface area contributed by atoms with E-state index in [1.54, 1.807) is 0 Å². The Morgan fingerprint density at radius 2 is 1.73 bits per heavy atom. The molecule has 1 radical (unpaired) electrons. The maximum atomic E-state index is 9.76. The first-order chi connectivity index (χ1) is 3.77. The van der Waals surface area contributed by atoms with Crippen molar-refractivity contribution in [2.45, 2.75) is 32.6 Å². The summed E-state index contributed by atoms with van der Waals surface area (Å²) >= 11 is 0. The summed E-state index contributed by atoms with van der Waals surface area (Å²) in [5.74, 6) is -0.932. The van der Waals surface area contributed by atoms with E-state index in [4.69, 9.17) is 0 Å². The molecule has 0 amide bonds. The Bertz CT molecular complexity index is 81.0. The van der Waals surface area contributed by atoms with Crippen molar-refractivity contribution in [3.05, 3.63) is 0 Å². The average Bonchev–Trinajstić information content (AvgIpc) is 1.66. The normalized spacial score (nSPS) is 6.64. The molecule has 0 aliphatic rings. The number of hydrogen-bond donors (Lipinski definition) is 0. The minimum absolute atomic E-state index is 0. The van der Waals surface area contributed by atoms with Crippen LogP contribution in [0.5, 0.6) is 0 Å². The van der Waals surface area contributed by atoms with Crippen LogP contribution in [0.25, 0.3) is 0 Å². The maximum Gasteiger partial charge on any atom is 3.00 e. The third kappa shape index (κ3) is 25.0. The van der Waals surface area contributed by atoms with Gasteiger partial charge in [0, 0.05) is 5.97 Å². The van der Waals surface area contributed by atoms with Gasteiger partial charge in [0.25, 0.3) is 0 Å². The SMILES string of the molecule is CCCCCC(=O)[O-].[Cl-].[Cl-].[Cr+3]. The monoisotopic (exact) mass is 237 g/mol. The van der Waals surface area contributed by atoms with E-state index in [-0.39, 0.29) is 48.6 Å². The molecular formula is C6H11Cl2CrO2. The molecule has 0 saturated carbocycles. The van der Waals surface area contributed by atoms with Gasteiger partial charge in [-0.05, 0) is 12.8 Å². The Balaban J connectivity index is -0.0000000817. The van der Waals surface area contributed by atoms with Gasteiger partial charge in [0.05, 0.1) is 0 Å². The number of carbonyl (C=O) groups is 1. The molecule has 0 unspecified atom stereocenters. The topological polar surface area (TPSA) is 40.1 Å². The number of hydrogen-bond acceptors (Lipinski definition) is 2. The van der Waals surface area contributed by atoms with E-state index < -0.39 is 5.97 Å². The molecule has 0 bridgehead atoms. The summed E-state index contributed by atoms with van der Waals surface area (Å²) in [5.41, 5.74) is 0. The minimum atomic E-state index is -0.932. The van der Waals surface area contributed by atoms with E-state index >= 15 is 0 Å². The molecule has 0 atom stereocenters. The van der Waals surface area contributed by atoms with Gasteiger partial charge in [-0.1, -0.05) is 19.8 Å². The number of halogens is 2. The molecule has 0 rings (SSSR count). The standard InChI is InChI=1S/C6H12O2.2ClH.Cr/c1-2-3-4-5-6(7)8;;;/h2-5H2,1H3,(H,7,8);2*1H;/q;;;+3/p-3. The largest absolute Gasteiger partial charge is 3.00 e. The zero-order valence-electron chi connectivity index (χ0n) is 6.31. The molecular weight excluding hydrogens is 227 g/mol. The fraction of sp³-hybridized carbons (Fsp3) is 0.833. The first-order valence-electron chi connectivity index (χ1n) is 2.97. The molecule has 0 fully saturated rings. The van der Waals surface area contributed by atoms with Crippen LogP contribution in [0.4, 0.5) is 0 Å². The van der Waals surface area contributed by atoms with E-state index in [0.717, 1.165) is 19.3 Å². The van der Waals surface area contributed by atoms with Gasteiger partial charge in [0.2, 0.25) is 0 Å². The first kappa shape index (κ1) is 22.6. The molecule has 67 valence electrons. The van der Waals surface area contributed by atoms with Crippen molar-refractivity contribution in [3.8, 4) is 0 Å². The quantitative estimate of drug-likeness (QED) is 0.458. The number of carbonyl (C=O) groups excluding carboxylic acids is 1. The van der Waals surface area contributed by atoms with Gasteiger partial charge >= 0.3 is 17.4 Å². The number of aliphatic carboxylic acids is 1. The zero-order valence-corrected chi connectivity index (χ0v) is 9.10. The average molecular weight is 238 g/mol. The van der Waals surface area contributed by atoms with E-state index in [0.29, 0.717) is 0 Å². The predicted octanol–water partition coefficient (Wildman–Crippen LogP) is -5.68. The van der Waals surface area contributed by atoms with Crippen molar-refractivity contribution in [3.63, 3.8) is 0 Å². The van der Waals surface area contributed by atoms with E-state index in [1.165, 1.54) is 0 Å². The molecule has 0 spiro atoms. The van der Waals surface area contributed by atoms with Gasteiger partial charge in [-0.15, -0.1) is 0 Å². The minimum Gasteiger partial charge on any atom is -1.00 e. The Hall–Kier alpha value is 0.582. The summed E-state index contributed by atoms with van der Waals surface area (Å²) in [7, 11) is 0. The zero-order chi connectivity index (χ0) is 6.41. The summed E-state index contributed by atoms with van der Waals surface area (Å²) in [4.78, 5) is 9.76. The fourth-order valence-corrected chi connectivity index (χ4v) is 0.519. The van der Waals surface area contributed by atoms with Crippen molar-refractivity contribution in [2.24, 2.45) is 0 Å². The third-order valence-electron chi connectivity index (χ3n) is 0.984. The predicted molar refractivity (Wildman–Crippen MR) is 29.1 cm³/mol. The molecule has 0 aliphatic carbocycles. The van der Waals surface area contributed by atoms with Gasteiger partial charge in [0.1, 0.15) is 0 Å². The summed E-state index contributed by atoms with van der Waals surface area (Å²) < 4.78 is 0. The van der Waals surface area contributed by atoms with Crippen molar-refractivity contribution < 1.29 is 52.1 Å².